The van der Waals surface area contributed by atoms with E-state index in [0.717, 1.165) is 12.0 Å². The van der Waals surface area contributed by atoms with Gasteiger partial charge in [0.2, 0.25) is 5.88 Å². The van der Waals surface area contributed by atoms with Gasteiger partial charge in [-0.15, -0.1) is 0 Å². The number of carbonyl (C=O) groups excluding carboxylic acids is 1. The molecule has 0 radical (unpaired) electrons. The van der Waals surface area contributed by atoms with Gasteiger partial charge < -0.3 is 14.3 Å². The first-order valence-electron chi connectivity index (χ1n) is 6.86. The predicted octanol–water partition coefficient (Wildman–Crippen LogP) is 3.44. The summed E-state index contributed by atoms with van der Waals surface area (Å²) in [4.78, 5) is 27.3. The van der Waals surface area contributed by atoms with Crippen LogP contribution < -0.4 is 5.32 Å². The summed E-state index contributed by atoms with van der Waals surface area (Å²) < 4.78 is 10.5. The molecule has 2 rings (SSSR count). The van der Waals surface area contributed by atoms with Crippen LogP contribution in [0.25, 0.3) is 11.1 Å². The summed E-state index contributed by atoms with van der Waals surface area (Å²) in [6.45, 7) is 7.07. The summed E-state index contributed by atoms with van der Waals surface area (Å²) in [6.07, 6.45) is 1.53. The van der Waals surface area contributed by atoms with E-state index in [9.17, 15) is 14.7 Å². The van der Waals surface area contributed by atoms with E-state index in [1.165, 1.54) is 0 Å². The number of pyridine rings is 1. The van der Waals surface area contributed by atoms with Gasteiger partial charge in [-0.05, 0) is 38.8 Å². The van der Waals surface area contributed by atoms with E-state index in [1.807, 2.05) is 6.92 Å². The summed E-state index contributed by atoms with van der Waals surface area (Å²) in [6, 6.07) is 1.70. The first-order chi connectivity index (χ1) is 10.2. The van der Waals surface area contributed by atoms with Crippen molar-refractivity contribution in [3.63, 3.8) is 0 Å². The number of aromatic carboxylic acids is 1. The first-order valence-corrected chi connectivity index (χ1v) is 6.86. The molecule has 0 aliphatic heterocycles. The van der Waals surface area contributed by atoms with Crippen molar-refractivity contribution in [1.29, 1.82) is 0 Å². The minimum absolute atomic E-state index is 0.183. The highest BCUT2D eigenvalue weighted by atomic mass is 16.6. The first kappa shape index (κ1) is 15.8. The van der Waals surface area contributed by atoms with Crippen molar-refractivity contribution < 1.29 is 23.8 Å². The molecule has 2 N–H and O–H groups in total. The largest absolute Gasteiger partial charge is 0.477 e. The molecule has 0 unspecified atom stereocenters. The van der Waals surface area contributed by atoms with E-state index in [0.29, 0.717) is 5.58 Å². The number of aromatic nitrogens is 1. The molecule has 0 fully saturated rings. The van der Waals surface area contributed by atoms with Gasteiger partial charge in [-0.25, -0.2) is 9.59 Å². The Morgan fingerprint density at radius 3 is 2.64 bits per heavy atom. The van der Waals surface area contributed by atoms with E-state index in [2.05, 4.69) is 10.3 Å². The molecule has 0 saturated carbocycles. The normalized spacial score (nSPS) is 11.5. The summed E-state index contributed by atoms with van der Waals surface area (Å²) in [5, 5.41) is 11.7. The summed E-state index contributed by atoms with van der Waals surface area (Å²) in [5.74, 6) is -1.42. The molecule has 0 aliphatic carbocycles. The van der Waals surface area contributed by atoms with Crippen molar-refractivity contribution in [2.45, 2.75) is 39.7 Å². The maximum Gasteiger partial charge on any atom is 0.414 e. The van der Waals surface area contributed by atoms with Crippen LogP contribution in [0.1, 0.15) is 43.6 Å². The number of carbonyl (C=O) groups is 2. The van der Waals surface area contributed by atoms with Gasteiger partial charge in [0.05, 0.1) is 0 Å². The van der Waals surface area contributed by atoms with Crippen LogP contribution in [0.5, 0.6) is 0 Å². The lowest BCUT2D eigenvalue weighted by Gasteiger charge is -2.19. The minimum atomic E-state index is -1.23. The average Bonchev–Trinajstić information content (AvgIpc) is 2.72. The SMILES string of the molecule is CCc1cnc2c(C(=O)O)c(NC(=O)OC(C)(C)C)oc2c1. The van der Waals surface area contributed by atoms with Gasteiger partial charge >= 0.3 is 12.1 Å². The minimum Gasteiger partial charge on any atom is -0.477 e. The zero-order valence-electron chi connectivity index (χ0n) is 12.9. The fourth-order valence-electron chi connectivity index (χ4n) is 1.90. The number of nitrogens with zero attached hydrogens (tertiary/aromatic N) is 1. The van der Waals surface area contributed by atoms with Crippen molar-refractivity contribution in [1.82, 2.24) is 4.98 Å². The lowest BCUT2D eigenvalue weighted by Crippen LogP contribution is -2.27. The lowest BCUT2D eigenvalue weighted by molar-refractivity contribution is 0.0633. The molecule has 1 amide bonds. The van der Waals surface area contributed by atoms with Crippen molar-refractivity contribution in [3.05, 3.63) is 23.4 Å². The number of amides is 1. The molecular weight excluding hydrogens is 288 g/mol. The zero-order chi connectivity index (χ0) is 16.5. The molecular formula is C15H18N2O5. The van der Waals surface area contributed by atoms with Gasteiger partial charge in [0, 0.05) is 6.20 Å². The Morgan fingerprint density at radius 2 is 2.09 bits per heavy atom. The molecule has 22 heavy (non-hydrogen) atoms. The highest BCUT2D eigenvalue weighted by Gasteiger charge is 2.25. The van der Waals surface area contributed by atoms with Gasteiger partial charge in [-0.2, -0.15) is 0 Å². The van der Waals surface area contributed by atoms with E-state index >= 15 is 0 Å². The molecule has 0 spiro atoms. The Balaban J connectivity index is 2.42. The highest BCUT2D eigenvalue weighted by Crippen LogP contribution is 2.29. The summed E-state index contributed by atoms with van der Waals surface area (Å²) in [5.41, 5.74) is 0.511. The van der Waals surface area contributed by atoms with Gasteiger partial charge in [-0.3, -0.25) is 10.3 Å². The van der Waals surface area contributed by atoms with Crippen molar-refractivity contribution in [2.75, 3.05) is 5.32 Å². The number of hydrogen-bond donors (Lipinski definition) is 2. The van der Waals surface area contributed by atoms with E-state index in [-0.39, 0.29) is 17.0 Å². The van der Waals surface area contributed by atoms with E-state index < -0.39 is 17.7 Å². The van der Waals surface area contributed by atoms with E-state index in [4.69, 9.17) is 9.15 Å². The maximum atomic E-state index is 11.8. The second-order valence-electron chi connectivity index (χ2n) is 5.78. The Labute approximate surface area is 127 Å². The lowest BCUT2D eigenvalue weighted by atomic mass is 10.2. The van der Waals surface area contributed by atoms with Crippen LogP contribution in [0.3, 0.4) is 0 Å². The van der Waals surface area contributed by atoms with Crippen molar-refractivity contribution in [2.24, 2.45) is 0 Å². The zero-order valence-corrected chi connectivity index (χ0v) is 12.9. The molecule has 0 saturated heterocycles. The second kappa shape index (κ2) is 5.67. The summed E-state index contributed by atoms with van der Waals surface area (Å²) in [7, 11) is 0. The molecule has 0 aliphatic rings. The van der Waals surface area contributed by atoms with Crippen molar-refractivity contribution in [3.8, 4) is 0 Å². The van der Waals surface area contributed by atoms with Crippen LogP contribution in [0.15, 0.2) is 16.7 Å². The third-order valence-corrected chi connectivity index (χ3v) is 2.82. The maximum absolute atomic E-state index is 11.8. The number of furan rings is 1. The second-order valence-corrected chi connectivity index (χ2v) is 5.78. The standard InChI is InChI=1S/C15H18N2O5/c1-5-8-6-9-11(16-7-8)10(13(18)19)12(21-9)17-14(20)22-15(2,3)4/h6-7H,5H2,1-4H3,(H,17,20)(H,18,19). The summed E-state index contributed by atoms with van der Waals surface area (Å²) >= 11 is 0. The molecule has 118 valence electrons. The molecule has 2 aromatic rings. The number of nitrogens with one attached hydrogen (secondary N) is 1. The number of aryl methyl sites for hydroxylation is 1. The van der Waals surface area contributed by atoms with Gasteiger partial charge in [0.25, 0.3) is 0 Å². The number of carboxylic acids is 1. The number of rotatable bonds is 3. The van der Waals surface area contributed by atoms with Crippen LogP contribution in [0.4, 0.5) is 10.7 Å². The van der Waals surface area contributed by atoms with Crippen LogP contribution in [0.2, 0.25) is 0 Å². The Bertz CT molecular complexity index is 727. The van der Waals surface area contributed by atoms with Crippen LogP contribution in [0, 0.1) is 0 Å². The van der Waals surface area contributed by atoms with E-state index in [1.54, 1.807) is 33.0 Å². The Morgan fingerprint density at radius 1 is 1.41 bits per heavy atom. The molecule has 0 atom stereocenters. The number of hydrogen-bond acceptors (Lipinski definition) is 5. The predicted molar refractivity (Wildman–Crippen MR) is 80.2 cm³/mol. The molecule has 0 bridgehead atoms. The Kier molecular flexibility index (Phi) is 4.07. The molecule has 7 nitrogen and oxygen atoms in total. The third-order valence-electron chi connectivity index (χ3n) is 2.82. The van der Waals surface area contributed by atoms with Crippen LogP contribution in [-0.4, -0.2) is 27.8 Å². The van der Waals surface area contributed by atoms with Gasteiger partial charge in [0.1, 0.15) is 16.7 Å². The fourth-order valence-corrected chi connectivity index (χ4v) is 1.90. The van der Waals surface area contributed by atoms with Gasteiger partial charge in [-0.1, -0.05) is 6.92 Å². The quantitative estimate of drug-likeness (QED) is 0.900. The fraction of sp³-hybridized carbons (Fsp3) is 0.400. The Hall–Kier alpha value is -2.57. The monoisotopic (exact) mass is 306 g/mol. The third kappa shape index (κ3) is 3.36. The molecule has 2 aromatic heterocycles. The smallest absolute Gasteiger partial charge is 0.414 e. The number of fused-ring (bicyclic) bond motifs is 1. The van der Waals surface area contributed by atoms with Crippen LogP contribution >= 0.6 is 0 Å². The highest BCUT2D eigenvalue weighted by molar-refractivity contribution is 6.07. The number of carboxylic acid groups (broad SMARTS) is 1. The number of anilines is 1. The molecule has 0 aromatic carbocycles. The van der Waals surface area contributed by atoms with Crippen LogP contribution in [-0.2, 0) is 11.2 Å². The topological polar surface area (TPSA) is 102 Å². The van der Waals surface area contributed by atoms with Gasteiger partial charge in [0.15, 0.2) is 5.58 Å². The average molecular weight is 306 g/mol. The molecule has 2 heterocycles. The van der Waals surface area contributed by atoms with Crippen molar-refractivity contribution >= 4 is 29.0 Å². The molecule has 7 heteroatoms. The number of ether oxygens (including phenoxy) is 1.